The van der Waals surface area contributed by atoms with Gasteiger partial charge in [-0.2, -0.15) is 0 Å². The monoisotopic (exact) mass is 431 g/mol. The van der Waals surface area contributed by atoms with E-state index in [1.165, 1.54) is 11.3 Å². The van der Waals surface area contributed by atoms with Gasteiger partial charge in [-0.1, -0.05) is 28.1 Å². The number of nitrogens with zero attached hydrogens (tertiary/aromatic N) is 1. The number of primary amides is 1. The first-order valence-electron chi connectivity index (χ1n) is 7.55. The van der Waals surface area contributed by atoms with E-state index in [0.29, 0.717) is 16.4 Å². The van der Waals surface area contributed by atoms with Gasteiger partial charge >= 0.3 is 0 Å². The van der Waals surface area contributed by atoms with Crippen molar-refractivity contribution >= 4 is 44.2 Å². The molecule has 3 aromatic rings. The molecule has 0 aliphatic heterocycles. The van der Waals surface area contributed by atoms with Crippen molar-refractivity contribution in [2.45, 2.75) is 0 Å². The Labute approximate surface area is 162 Å². The quantitative estimate of drug-likeness (QED) is 0.621. The van der Waals surface area contributed by atoms with Gasteiger partial charge in [0.05, 0.1) is 5.69 Å². The van der Waals surface area contributed by atoms with Crippen LogP contribution < -0.4 is 15.8 Å². The third-order valence-corrected chi connectivity index (χ3v) is 4.59. The number of ether oxygens (including phenoxy) is 1. The molecule has 8 heteroatoms. The summed E-state index contributed by atoms with van der Waals surface area (Å²) >= 11 is 4.79. The summed E-state index contributed by atoms with van der Waals surface area (Å²) in [6.07, 6.45) is 0. The molecule has 0 saturated heterocycles. The maximum absolute atomic E-state index is 12.3. The summed E-state index contributed by atoms with van der Waals surface area (Å²) in [7, 11) is 0. The smallest absolute Gasteiger partial charge is 0.257 e. The molecular weight excluding hydrogens is 418 g/mol. The third-order valence-electron chi connectivity index (χ3n) is 3.34. The molecule has 0 saturated carbocycles. The molecule has 6 nitrogen and oxygen atoms in total. The van der Waals surface area contributed by atoms with Gasteiger partial charge in [-0.25, -0.2) is 4.98 Å². The van der Waals surface area contributed by atoms with Crippen LogP contribution in [0.2, 0.25) is 0 Å². The Morgan fingerprint density at radius 1 is 1.19 bits per heavy atom. The molecule has 0 atom stereocenters. The fourth-order valence-corrected chi connectivity index (χ4v) is 3.25. The number of thiazole rings is 1. The van der Waals surface area contributed by atoms with E-state index >= 15 is 0 Å². The molecule has 0 aliphatic carbocycles. The molecule has 0 radical (unpaired) electrons. The van der Waals surface area contributed by atoms with E-state index in [9.17, 15) is 9.59 Å². The molecule has 0 unspecified atom stereocenters. The predicted octanol–water partition coefficient (Wildman–Crippen LogP) is 3.69. The summed E-state index contributed by atoms with van der Waals surface area (Å²) in [5.41, 5.74) is 7.23. The second kappa shape index (κ2) is 8.11. The highest BCUT2D eigenvalue weighted by atomic mass is 79.9. The van der Waals surface area contributed by atoms with Crippen LogP contribution in [0.1, 0.15) is 10.4 Å². The number of hydrogen-bond donors (Lipinski definition) is 2. The van der Waals surface area contributed by atoms with Crippen molar-refractivity contribution in [1.29, 1.82) is 0 Å². The number of benzene rings is 2. The lowest BCUT2D eigenvalue weighted by molar-refractivity contribution is -0.119. The summed E-state index contributed by atoms with van der Waals surface area (Å²) in [5, 5.41) is 5.17. The first-order valence-corrected chi connectivity index (χ1v) is 9.22. The van der Waals surface area contributed by atoms with Gasteiger partial charge in [-0.15, -0.1) is 11.3 Å². The number of aromatic nitrogens is 1. The van der Waals surface area contributed by atoms with Crippen LogP contribution in [0.5, 0.6) is 5.75 Å². The first-order chi connectivity index (χ1) is 12.5. The fraction of sp³-hybridized carbons (Fsp3) is 0.0556. The second-order valence-electron chi connectivity index (χ2n) is 5.28. The third kappa shape index (κ3) is 4.68. The van der Waals surface area contributed by atoms with E-state index in [1.54, 1.807) is 24.3 Å². The summed E-state index contributed by atoms with van der Waals surface area (Å²) in [4.78, 5) is 27.5. The fourth-order valence-electron chi connectivity index (χ4n) is 2.14. The second-order valence-corrected chi connectivity index (χ2v) is 7.06. The van der Waals surface area contributed by atoms with E-state index in [4.69, 9.17) is 10.5 Å². The minimum atomic E-state index is -0.558. The van der Waals surface area contributed by atoms with Crippen LogP contribution in [0, 0.1) is 0 Å². The molecule has 0 bridgehead atoms. The molecule has 26 heavy (non-hydrogen) atoms. The Balaban J connectivity index is 1.66. The Morgan fingerprint density at radius 3 is 2.65 bits per heavy atom. The van der Waals surface area contributed by atoms with E-state index in [2.05, 4.69) is 26.2 Å². The lowest BCUT2D eigenvalue weighted by Crippen LogP contribution is -2.20. The maximum atomic E-state index is 12.3. The van der Waals surface area contributed by atoms with Crippen LogP contribution in [0.25, 0.3) is 11.3 Å². The molecule has 3 rings (SSSR count). The molecule has 2 aromatic carbocycles. The van der Waals surface area contributed by atoms with E-state index in [0.717, 1.165) is 15.7 Å². The van der Waals surface area contributed by atoms with Crippen molar-refractivity contribution in [3.63, 3.8) is 0 Å². The molecule has 0 spiro atoms. The highest BCUT2D eigenvalue weighted by Gasteiger charge is 2.10. The first kappa shape index (κ1) is 18.1. The van der Waals surface area contributed by atoms with Crippen molar-refractivity contribution in [3.8, 4) is 17.0 Å². The number of amides is 2. The van der Waals surface area contributed by atoms with Crippen molar-refractivity contribution < 1.29 is 14.3 Å². The van der Waals surface area contributed by atoms with E-state index in [-0.39, 0.29) is 12.5 Å². The Hall–Kier alpha value is -2.71. The highest BCUT2D eigenvalue weighted by molar-refractivity contribution is 9.10. The van der Waals surface area contributed by atoms with Crippen molar-refractivity contribution in [2.24, 2.45) is 5.73 Å². The molecular formula is C18H14BrN3O3S. The minimum Gasteiger partial charge on any atom is -0.484 e. The lowest BCUT2D eigenvalue weighted by Gasteiger charge is -2.05. The van der Waals surface area contributed by atoms with Crippen LogP contribution >= 0.6 is 27.3 Å². The van der Waals surface area contributed by atoms with Gasteiger partial charge in [0.25, 0.3) is 11.8 Å². The Bertz CT molecular complexity index is 941. The van der Waals surface area contributed by atoms with E-state index in [1.807, 2.05) is 29.6 Å². The number of hydrogen-bond acceptors (Lipinski definition) is 5. The van der Waals surface area contributed by atoms with Gasteiger partial charge in [0.1, 0.15) is 5.75 Å². The lowest BCUT2D eigenvalue weighted by atomic mass is 10.2. The average Bonchev–Trinajstić information content (AvgIpc) is 3.09. The van der Waals surface area contributed by atoms with Gasteiger partial charge in [0, 0.05) is 21.0 Å². The van der Waals surface area contributed by atoms with Gasteiger partial charge in [0.2, 0.25) is 0 Å². The highest BCUT2D eigenvalue weighted by Crippen LogP contribution is 2.27. The number of nitrogens with one attached hydrogen (secondary N) is 1. The topological polar surface area (TPSA) is 94.3 Å². The van der Waals surface area contributed by atoms with Gasteiger partial charge in [0.15, 0.2) is 11.7 Å². The number of nitrogens with two attached hydrogens (primary N) is 1. The number of rotatable bonds is 6. The normalized spacial score (nSPS) is 10.3. The SMILES string of the molecule is NC(=O)COc1ccc(C(=O)Nc2nc(-c3cccc(Br)c3)cs2)cc1. The zero-order valence-corrected chi connectivity index (χ0v) is 15.8. The van der Waals surface area contributed by atoms with Gasteiger partial charge in [-0.3, -0.25) is 14.9 Å². The molecule has 3 N–H and O–H groups in total. The van der Waals surface area contributed by atoms with Crippen molar-refractivity contribution in [3.05, 3.63) is 63.9 Å². The van der Waals surface area contributed by atoms with Crippen molar-refractivity contribution in [1.82, 2.24) is 4.98 Å². The Kier molecular flexibility index (Phi) is 5.65. The van der Waals surface area contributed by atoms with E-state index < -0.39 is 5.91 Å². The van der Waals surface area contributed by atoms with Crippen LogP contribution in [0.4, 0.5) is 5.13 Å². The average molecular weight is 432 g/mol. The van der Waals surface area contributed by atoms with Crippen LogP contribution in [-0.2, 0) is 4.79 Å². The van der Waals surface area contributed by atoms with Gasteiger partial charge in [-0.05, 0) is 36.4 Å². The zero-order valence-electron chi connectivity index (χ0n) is 13.4. The standard InChI is InChI=1S/C18H14BrN3O3S/c19-13-3-1-2-12(8-13)15-10-26-18(21-15)22-17(24)11-4-6-14(7-5-11)25-9-16(20)23/h1-8,10H,9H2,(H2,20,23)(H,21,22,24). The molecule has 0 aliphatic rings. The number of anilines is 1. The molecule has 1 heterocycles. The Morgan fingerprint density at radius 2 is 1.96 bits per heavy atom. The van der Waals surface area contributed by atoms with Gasteiger partial charge < -0.3 is 10.5 Å². The van der Waals surface area contributed by atoms with Crippen molar-refractivity contribution in [2.75, 3.05) is 11.9 Å². The number of carbonyl (C=O) groups excluding carboxylic acids is 2. The minimum absolute atomic E-state index is 0.205. The zero-order chi connectivity index (χ0) is 18.5. The van der Waals surface area contributed by atoms with Crippen LogP contribution in [0.15, 0.2) is 58.4 Å². The summed E-state index contributed by atoms with van der Waals surface area (Å²) in [6, 6.07) is 14.2. The molecule has 132 valence electrons. The largest absolute Gasteiger partial charge is 0.484 e. The maximum Gasteiger partial charge on any atom is 0.257 e. The number of halogens is 1. The molecule has 0 fully saturated rings. The number of carbonyl (C=O) groups is 2. The molecule has 1 aromatic heterocycles. The van der Waals surface area contributed by atoms with Crippen LogP contribution in [-0.4, -0.2) is 23.4 Å². The predicted molar refractivity (Wildman–Crippen MR) is 104 cm³/mol. The summed E-state index contributed by atoms with van der Waals surface area (Å²) < 4.78 is 6.13. The van der Waals surface area contributed by atoms with Crippen LogP contribution in [0.3, 0.4) is 0 Å². The summed E-state index contributed by atoms with van der Waals surface area (Å²) in [6.45, 7) is -0.205. The summed E-state index contributed by atoms with van der Waals surface area (Å²) in [5.74, 6) is -0.370. The molecule has 2 amide bonds.